The number of rotatable bonds is 3. The van der Waals surface area contributed by atoms with Gasteiger partial charge in [0.15, 0.2) is 0 Å². The average molecular weight is 526 g/mol. The topological polar surface area (TPSA) is 29.5 Å². The van der Waals surface area contributed by atoms with E-state index in [1.165, 1.54) is 21.5 Å². The van der Waals surface area contributed by atoms with Gasteiger partial charge in [-0.1, -0.05) is 84.9 Å². The van der Waals surface area contributed by atoms with Crippen molar-refractivity contribution in [3.8, 4) is 0 Å². The van der Waals surface area contributed by atoms with Crippen molar-refractivity contribution in [1.82, 2.24) is 0 Å². The lowest BCUT2D eigenvalue weighted by Gasteiger charge is -2.27. The summed E-state index contributed by atoms with van der Waals surface area (Å²) in [6, 6.07) is 49.1. The molecule has 9 aromatic rings. The molecule has 0 amide bonds. The normalized spacial score (nSPS) is 11.9. The lowest BCUT2D eigenvalue weighted by Crippen LogP contribution is -2.10. The molecule has 7 aromatic carbocycles. The van der Waals surface area contributed by atoms with Crippen LogP contribution >= 0.6 is 0 Å². The zero-order chi connectivity index (χ0) is 26.9. The first kappa shape index (κ1) is 22.3. The molecule has 0 aliphatic heterocycles. The Hall–Kier alpha value is -5.54. The Morgan fingerprint density at radius 2 is 0.878 bits per heavy atom. The highest BCUT2D eigenvalue weighted by molar-refractivity contribution is 6.15. The largest absolute Gasteiger partial charge is 0.456 e. The Morgan fingerprint density at radius 1 is 0.341 bits per heavy atom. The summed E-state index contributed by atoms with van der Waals surface area (Å²) in [7, 11) is 0. The smallest absolute Gasteiger partial charge is 0.137 e. The molecular weight excluding hydrogens is 502 g/mol. The van der Waals surface area contributed by atoms with E-state index in [0.717, 1.165) is 60.9 Å². The predicted molar refractivity (Wildman–Crippen MR) is 171 cm³/mol. The number of anilines is 3. The SMILES string of the molecule is c1ccc2c(c1)cc(N(c1ccc3c(c1)oc1ccccc13)c1ccc3oc4ccccc4c3c1)c1ccccc12. The minimum absolute atomic E-state index is 0.869. The van der Waals surface area contributed by atoms with Crippen molar-refractivity contribution in [2.75, 3.05) is 4.90 Å². The van der Waals surface area contributed by atoms with Crippen LogP contribution in [0.15, 0.2) is 148 Å². The number of furan rings is 2. The quantitative estimate of drug-likeness (QED) is 0.215. The zero-order valence-electron chi connectivity index (χ0n) is 22.0. The van der Waals surface area contributed by atoms with Crippen molar-refractivity contribution in [3.63, 3.8) is 0 Å². The highest BCUT2D eigenvalue weighted by atomic mass is 16.3. The van der Waals surface area contributed by atoms with E-state index in [9.17, 15) is 0 Å². The predicted octanol–water partition coefficient (Wildman–Crippen LogP) is 11.3. The summed E-state index contributed by atoms with van der Waals surface area (Å²) in [4.78, 5) is 2.35. The monoisotopic (exact) mass is 525 g/mol. The molecule has 0 spiro atoms. The summed E-state index contributed by atoms with van der Waals surface area (Å²) in [6.45, 7) is 0. The maximum absolute atomic E-state index is 6.35. The van der Waals surface area contributed by atoms with Gasteiger partial charge in [0.1, 0.15) is 22.3 Å². The van der Waals surface area contributed by atoms with E-state index in [2.05, 4.69) is 120 Å². The van der Waals surface area contributed by atoms with E-state index in [0.29, 0.717) is 0 Å². The zero-order valence-corrected chi connectivity index (χ0v) is 22.0. The van der Waals surface area contributed by atoms with Crippen molar-refractivity contribution in [2.24, 2.45) is 0 Å². The third-order valence-electron chi connectivity index (χ3n) is 8.23. The third-order valence-corrected chi connectivity index (χ3v) is 8.23. The van der Waals surface area contributed by atoms with Crippen LogP contribution in [0, 0.1) is 0 Å². The Labute approximate surface area is 235 Å². The van der Waals surface area contributed by atoms with E-state index in [-0.39, 0.29) is 0 Å². The molecule has 9 rings (SSSR count). The minimum Gasteiger partial charge on any atom is -0.456 e. The highest BCUT2D eigenvalue weighted by Crippen LogP contribution is 2.44. The van der Waals surface area contributed by atoms with E-state index >= 15 is 0 Å². The Bertz CT molecular complexity index is 2450. The van der Waals surface area contributed by atoms with Gasteiger partial charge < -0.3 is 13.7 Å². The second-order valence-electron chi connectivity index (χ2n) is 10.6. The molecule has 0 saturated heterocycles. The van der Waals surface area contributed by atoms with Gasteiger partial charge in [-0.25, -0.2) is 0 Å². The lowest BCUT2D eigenvalue weighted by molar-refractivity contribution is 0.668. The molecule has 3 heteroatoms. The summed E-state index contributed by atoms with van der Waals surface area (Å²) in [6.07, 6.45) is 0. The second-order valence-corrected chi connectivity index (χ2v) is 10.6. The summed E-state index contributed by atoms with van der Waals surface area (Å²) < 4.78 is 12.5. The number of hydrogen-bond donors (Lipinski definition) is 0. The summed E-state index contributed by atoms with van der Waals surface area (Å²) in [5.74, 6) is 0. The summed E-state index contributed by atoms with van der Waals surface area (Å²) >= 11 is 0. The molecule has 0 bridgehead atoms. The van der Waals surface area contributed by atoms with Crippen LogP contribution in [0.5, 0.6) is 0 Å². The van der Waals surface area contributed by atoms with Crippen molar-refractivity contribution >= 4 is 82.5 Å². The molecule has 0 aliphatic carbocycles. The van der Waals surface area contributed by atoms with Crippen LogP contribution in [0.3, 0.4) is 0 Å². The minimum atomic E-state index is 0.869. The lowest BCUT2D eigenvalue weighted by atomic mass is 9.98. The van der Waals surface area contributed by atoms with Crippen LogP contribution in [0.25, 0.3) is 65.4 Å². The molecule has 0 fully saturated rings. The van der Waals surface area contributed by atoms with Crippen LogP contribution < -0.4 is 4.90 Å². The van der Waals surface area contributed by atoms with Crippen LogP contribution in [-0.2, 0) is 0 Å². The molecule has 0 radical (unpaired) electrons. The fourth-order valence-electron chi connectivity index (χ4n) is 6.35. The van der Waals surface area contributed by atoms with Gasteiger partial charge in [-0.15, -0.1) is 0 Å². The molecule has 0 aliphatic rings. The highest BCUT2D eigenvalue weighted by Gasteiger charge is 2.20. The third kappa shape index (κ3) is 3.33. The molecule has 192 valence electrons. The second kappa shape index (κ2) is 8.48. The molecule has 3 nitrogen and oxygen atoms in total. The molecule has 0 N–H and O–H groups in total. The first-order valence-corrected chi connectivity index (χ1v) is 13.9. The number of fused-ring (bicyclic) bond motifs is 9. The molecular formula is C38H23NO2. The van der Waals surface area contributed by atoms with Gasteiger partial charge in [0.05, 0.1) is 5.69 Å². The van der Waals surface area contributed by atoms with Gasteiger partial charge in [0.25, 0.3) is 0 Å². The van der Waals surface area contributed by atoms with Crippen LogP contribution in [0.2, 0.25) is 0 Å². The fourth-order valence-corrected chi connectivity index (χ4v) is 6.35. The molecule has 2 heterocycles. The summed E-state index contributed by atoms with van der Waals surface area (Å²) in [5.41, 5.74) is 6.74. The van der Waals surface area contributed by atoms with Gasteiger partial charge in [-0.3, -0.25) is 0 Å². The molecule has 41 heavy (non-hydrogen) atoms. The van der Waals surface area contributed by atoms with Crippen LogP contribution in [0.1, 0.15) is 0 Å². The van der Waals surface area contributed by atoms with Crippen molar-refractivity contribution in [2.45, 2.75) is 0 Å². The Morgan fingerprint density at radius 3 is 1.68 bits per heavy atom. The van der Waals surface area contributed by atoms with Gasteiger partial charge >= 0.3 is 0 Å². The number of benzene rings is 7. The molecule has 2 aromatic heterocycles. The van der Waals surface area contributed by atoms with Crippen LogP contribution in [0.4, 0.5) is 17.1 Å². The number of nitrogens with zero attached hydrogens (tertiary/aromatic N) is 1. The summed E-state index contributed by atoms with van der Waals surface area (Å²) in [5, 5.41) is 9.31. The molecule has 0 unspecified atom stereocenters. The Kier molecular flexibility index (Phi) is 4.61. The maximum atomic E-state index is 6.35. The molecule has 0 atom stereocenters. The van der Waals surface area contributed by atoms with Gasteiger partial charge in [-0.2, -0.15) is 0 Å². The van der Waals surface area contributed by atoms with Crippen LogP contribution in [-0.4, -0.2) is 0 Å². The first-order chi connectivity index (χ1) is 20.3. The standard InChI is InChI=1S/C38H23NO2/c1-2-10-27-24(9-1)21-34(29-12-4-3-11-28(27)29)39(25-18-20-37-33(22-25)31-14-6-8-16-36(31)40-37)26-17-19-32-30-13-5-7-15-35(30)41-38(32)23-26/h1-23H. The van der Waals surface area contributed by atoms with E-state index in [4.69, 9.17) is 8.83 Å². The van der Waals surface area contributed by atoms with Crippen molar-refractivity contribution in [3.05, 3.63) is 140 Å². The van der Waals surface area contributed by atoms with Gasteiger partial charge in [0, 0.05) is 44.4 Å². The number of hydrogen-bond acceptors (Lipinski definition) is 3. The number of para-hydroxylation sites is 2. The fraction of sp³-hybridized carbons (Fsp3) is 0. The first-order valence-electron chi connectivity index (χ1n) is 13.9. The van der Waals surface area contributed by atoms with E-state index in [1.54, 1.807) is 0 Å². The van der Waals surface area contributed by atoms with Gasteiger partial charge in [0.2, 0.25) is 0 Å². The van der Waals surface area contributed by atoms with Crippen molar-refractivity contribution in [1.29, 1.82) is 0 Å². The average Bonchev–Trinajstić information content (AvgIpc) is 3.59. The van der Waals surface area contributed by atoms with E-state index < -0.39 is 0 Å². The molecule has 0 saturated carbocycles. The van der Waals surface area contributed by atoms with E-state index in [1.807, 2.05) is 24.3 Å². The van der Waals surface area contributed by atoms with Gasteiger partial charge in [-0.05, 0) is 64.7 Å². The van der Waals surface area contributed by atoms with Crippen molar-refractivity contribution < 1.29 is 8.83 Å². The Balaban J connectivity index is 1.37. The maximum Gasteiger partial charge on any atom is 0.137 e.